The molecule has 20 heavy (non-hydrogen) atoms. The summed E-state index contributed by atoms with van der Waals surface area (Å²) in [4.78, 5) is 20.2. The predicted molar refractivity (Wildman–Crippen MR) is 79.1 cm³/mol. The minimum atomic E-state index is -0.133. The normalized spacial score (nSPS) is 17.4. The maximum Gasteiger partial charge on any atom is 0.226 e. The van der Waals surface area contributed by atoms with E-state index in [4.69, 9.17) is 0 Å². The van der Waals surface area contributed by atoms with Gasteiger partial charge in [-0.2, -0.15) is 0 Å². The zero-order valence-electron chi connectivity index (χ0n) is 11.9. The number of benzene rings is 1. The molecule has 0 radical (unpaired) electrons. The molecule has 0 spiro atoms. The monoisotopic (exact) mass is 271 g/mol. The van der Waals surface area contributed by atoms with E-state index < -0.39 is 0 Å². The Kier molecular flexibility index (Phi) is 3.47. The summed E-state index contributed by atoms with van der Waals surface area (Å²) in [5.41, 5.74) is 1.83. The van der Waals surface area contributed by atoms with Crippen LogP contribution in [-0.2, 0) is 11.3 Å². The van der Waals surface area contributed by atoms with Gasteiger partial charge in [-0.3, -0.25) is 4.79 Å². The van der Waals surface area contributed by atoms with Gasteiger partial charge in [-0.15, -0.1) is 0 Å². The van der Waals surface area contributed by atoms with Crippen LogP contribution in [-0.4, -0.2) is 15.9 Å². The summed E-state index contributed by atoms with van der Waals surface area (Å²) in [6.07, 6.45) is 5.32. The first-order valence-corrected chi connectivity index (χ1v) is 7.45. The summed E-state index contributed by atoms with van der Waals surface area (Å²) >= 11 is 0. The van der Waals surface area contributed by atoms with E-state index in [0.717, 1.165) is 36.1 Å². The van der Waals surface area contributed by atoms with Crippen molar-refractivity contribution in [3.05, 3.63) is 30.1 Å². The number of amides is 1. The van der Waals surface area contributed by atoms with Crippen molar-refractivity contribution in [2.24, 2.45) is 5.41 Å². The van der Waals surface area contributed by atoms with E-state index in [1.807, 2.05) is 24.3 Å². The fourth-order valence-electron chi connectivity index (χ4n) is 3.23. The first-order valence-electron chi connectivity index (χ1n) is 7.45. The Morgan fingerprint density at radius 1 is 1.35 bits per heavy atom. The molecule has 4 nitrogen and oxygen atoms in total. The number of hydrogen-bond acceptors (Lipinski definition) is 2. The van der Waals surface area contributed by atoms with Crippen molar-refractivity contribution in [2.75, 3.05) is 0 Å². The van der Waals surface area contributed by atoms with E-state index >= 15 is 0 Å². The molecule has 1 amide bonds. The van der Waals surface area contributed by atoms with Crippen molar-refractivity contribution in [1.82, 2.24) is 15.3 Å². The van der Waals surface area contributed by atoms with Gasteiger partial charge in [0, 0.05) is 5.41 Å². The van der Waals surface area contributed by atoms with Crippen LogP contribution < -0.4 is 5.32 Å². The average Bonchev–Trinajstić information content (AvgIpc) is 3.11. The molecule has 0 atom stereocenters. The smallest absolute Gasteiger partial charge is 0.226 e. The lowest BCUT2D eigenvalue weighted by molar-refractivity contribution is -0.131. The molecule has 3 rings (SSSR count). The molecule has 1 heterocycles. The summed E-state index contributed by atoms with van der Waals surface area (Å²) < 4.78 is 0. The molecule has 2 aromatic rings. The number of fused-ring (bicyclic) bond motifs is 1. The SMILES string of the molecule is CCC1(C(=O)NCc2nc3ccccc3[nH]2)CCCC1. The number of para-hydroxylation sites is 2. The molecule has 4 heteroatoms. The molecule has 1 aromatic heterocycles. The number of aromatic nitrogens is 2. The van der Waals surface area contributed by atoms with Gasteiger partial charge in [0.2, 0.25) is 5.91 Å². The number of carbonyl (C=O) groups is 1. The third-order valence-electron chi connectivity index (χ3n) is 4.57. The molecule has 0 saturated heterocycles. The van der Waals surface area contributed by atoms with Crippen LogP contribution in [0.1, 0.15) is 44.9 Å². The molecule has 106 valence electrons. The topological polar surface area (TPSA) is 57.8 Å². The summed E-state index contributed by atoms with van der Waals surface area (Å²) in [5, 5.41) is 3.06. The Balaban J connectivity index is 1.68. The van der Waals surface area contributed by atoms with Gasteiger partial charge < -0.3 is 10.3 Å². The van der Waals surface area contributed by atoms with Crippen molar-refractivity contribution in [3.63, 3.8) is 0 Å². The van der Waals surface area contributed by atoms with Crippen molar-refractivity contribution < 1.29 is 4.79 Å². The molecule has 2 N–H and O–H groups in total. The quantitative estimate of drug-likeness (QED) is 0.897. The molecular weight excluding hydrogens is 250 g/mol. The first kappa shape index (κ1) is 13.2. The number of nitrogens with one attached hydrogen (secondary N) is 2. The number of nitrogens with zero attached hydrogens (tertiary/aromatic N) is 1. The highest BCUT2D eigenvalue weighted by Crippen LogP contribution is 2.41. The second kappa shape index (κ2) is 5.27. The molecule has 0 unspecified atom stereocenters. The van der Waals surface area contributed by atoms with E-state index in [1.165, 1.54) is 12.8 Å². The van der Waals surface area contributed by atoms with Gasteiger partial charge in [0.15, 0.2) is 0 Å². The van der Waals surface area contributed by atoms with E-state index in [0.29, 0.717) is 6.54 Å². The highest BCUT2D eigenvalue weighted by Gasteiger charge is 2.39. The van der Waals surface area contributed by atoms with Crippen molar-refractivity contribution in [2.45, 2.75) is 45.6 Å². The zero-order valence-corrected chi connectivity index (χ0v) is 11.9. The van der Waals surface area contributed by atoms with Crippen LogP contribution >= 0.6 is 0 Å². The summed E-state index contributed by atoms with van der Waals surface area (Å²) in [7, 11) is 0. The van der Waals surface area contributed by atoms with Crippen molar-refractivity contribution in [3.8, 4) is 0 Å². The fraction of sp³-hybridized carbons (Fsp3) is 0.500. The Hall–Kier alpha value is -1.84. The molecule has 0 aliphatic heterocycles. The largest absolute Gasteiger partial charge is 0.348 e. The number of carbonyl (C=O) groups excluding carboxylic acids is 1. The second-order valence-corrected chi connectivity index (χ2v) is 5.72. The summed E-state index contributed by atoms with van der Waals surface area (Å²) in [6.45, 7) is 2.60. The lowest BCUT2D eigenvalue weighted by Gasteiger charge is -2.25. The molecular formula is C16H21N3O. The van der Waals surface area contributed by atoms with E-state index in [9.17, 15) is 4.79 Å². The lowest BCUT2D eigenvalue weighted by Crippen LogP contribution is -2.38. The van der Waals surface area contributed by atoms with Crippen LogP contribution in [0.25, 0.3) is 11.0 Å². The van der Waals surface area contributed by atoms with Gasteiger partial charge in [0.25, 0.3) is 0 Å². The maximum atomic E-state index is 12.4. The standard InChI is InChI=1S/C16H21N3O/c1-2-16(9-5-6-10-16)15(20)17-11-14-18-12-7-3-4-8-13(12)19-14/h3-4,7-8H,2,5-6,9-11H2,1H3,(H,17,20)(H,18,19). The third kappa shape index (κ3) is 2.30. The molecule has 1 aliphatic rings. The lowest BCUT2D eigenvalue weighted by atomic mass is 9.82. The fourth-order valence-corrected chi connectivity index (χ4v) is 3.23. The van der Waals surface area contributed by atoms with Gasteiger partial charge in [0.05, 0.1) is 17.6 Å². The maximum absolute atomic E-state index is 12.4. The van der Waals surface area contributed by atoms with Gasteiger partial charge in [0.1, 0.15) is 5.82 Å². The number of hydrogen-bond donors (Lipinski definition) is 2. The number of imidazole rings is 1. The molecule has 1 fully saturated rings. The van der Waals surface area contributed by atoms with E-state index in [1.54, 1.807) is 0 Å². The second-order valence-electron chi connectivity index (χ2n) is 5.72. The Bertz CT molecular complexity index is 578. The molecule has 1 aliphatic carbocycles. The highest BCUT2D eigenvalue weighted by atomic mass is 16.2. The summed E-state index contributed by atoms with van der Waals surface area (Å²) in [5.74, 6) is 1.02. The first-order chi connectivity index (χ1) is 9.73. The zero-order chi connectivity index (χ0) is 14.0. The Morgan fingerprint density at radius 2 is 2.10 bits per heavy atom. The van der Waals surface area contributed by atoms with Crippen molar-refractivity contribution >= 4 is 16.9 Å². The number of aromatic amines is 1. The van der Waals surface area contributed by atoms with E-state index in [2.05, 4.69) is 22.2 Å². The Morgan fingerprint density at radius 3 is 2.80 bits per heavy atom. The number of rotatable bonds is 4. The van der Waals surface area contributed by atoms with Gasteiger partial charge >= 0.3 is 0 Å². The minimum absolute atomic E-state index is 0.133. The summed E-state index contributed by atoms with van der Waals surface area (Å²) in [6, 6.07) is 7.92. The van der Waals surface area contributed by atoms with Crippen LogP contribution in [0.4, 0.5) is 0 Å². The Labute approximate surface area is 119 Å². The van der Waals surface area contributed by atoms with Crippen LogP contribution in [0.3, 0.4) is 0 Å². The van der Waals surface area contributed by atoms with Gasteiger partial charge in [-0.25, -0.2) is 4.98 Å². The third-order valence-corrected chi connectivity index (χ3v) is 4.57. The van der Waals surface area contributed by atoms with Crippen LogP contribution in [0, 0.1) is 5.41 Å². The van der Waals surface area contributed by atoms with Crippen LogP contribution in [0.2, 0.25) is 0 Å². The van der Waals surface area contributed by atoms with Crippen LogP contribution in [0.15, 0.2) is 24.3 Å². The van der Waals surface area contributed by atoms with Crippen LogP contribution in [0.5, 0.6) is 0 Å². The molecule has 1 aromatic carbocycles. The highest BCUT2D eigenvalue weighted by molar-refractivity contribution is 5.83. The predicted octanol–water partition coefficient (Wildman–Crippen LogP) is 3.15. The minimum Gasteiger partial charge on any atom is -0.348 e. The van der Waals surface area contributed by atoms with Gasteiger partial charge in [-0.1, -0.05) is 31.9 Å². The number of H-pyrrole nitrogens is 1. The molecule has 0 bridgehead atoms. The molecule has 1 saturated carbocycles. The van der Waals surface area contributed by atoms with E-state index in [-0.39, 0.29) is 11.3 Å². The van der Waals surface area contributed by atoms with Gasteiger partial charge in [-0.05, 0) is 31.4 Å². The average molecular weight is 271 g/mol. The van der Waals surface area contributed by atoms with Crippen molar-refractivity contribution in [1.29, 1.82) is 0 Å².